The van der Waals surface area contributed by atoms with Crippen molar-refractivity contribution in [3.63, 3.8) is 0 Å². The van der Waals surface area contributed by atoms with Gasteiger partial charge in [-0.15, -0.1) is 11.3 Å². The Bertz CT molecular complexity index is 563. The molecular formula is C13H13FN2S. The molecule has 3 rings (SSSR count). The molecule has 0 bridgehead atoms. The summed E-state index contributed by atoms with van der Waals surface area (Å²) in [5, 5.41) is 4.39. The van der Waals surface area contributed by atoms with Crippen LogP contribution >= 0.6 is 11.3 Å². The molecule has 0 saturated carbocycles. The van der Waals surface area contributed by atoms with Crippen LogP contribution in [0.25, 0.3) is 11.3 Å². The van der Waals surface area contributed by atoms with Crippen molar-refractivity contribution in [3.05, 3.63) is 39.5 Å². The van der Waals surface area contributed by atoms with Crippen molar-refractivity contribution < 1.29 is 4.39 Å². The first-order chi connectivity index (χ1) is 8.28. The third-order valence-corrected chi connectivity index (χ3v) is 4.00. The van der Waals surface area contributed by atoms with Gasteiger partial charge in [-0.05, 0) is 30.3 Å². The van der Waals surface area contributed by atoms with E-state index in [-0.39, 0.29) is 5.82 Å². The molecule has 0 atom stereocenters. The van der Waals surface area contributed by atoms with Gasteiger partial charge in [0.15, 0.2) is 0 Å². The van der Waals surface area contributed by atoms with E-state index in [0.29, 0.717) is 0 Å². The Balaban J connectivity index is 1.95. The molecule has 0 unspecified atom stereocenters. The van der Waals surface area contributed by atoms with Gasteiger partial charge in [0, 0.05) is 23.4 Å². The van der Waals surface area contributed by atoms with Crippen LogP contribution in [-0.4, -0.2) is 11.5 Å². The Labute approximate surface area is 104 Å². The standard InChI is InChI=1S/C13H13FN2S/c1-2-15-7-12-16-13-10-4-3-9(14)5-8(10)6-11(13)17-12/h3-5,15H,2,6-7H2,1H3. The molecule has 1 N–H and O–H groups in total. The maximum Gasteiger partial charge on any atom is 0.123 e. The first kappa shape index (κ1) is 10.9. The van der Waals surface area contributed by atoms with Gasteiger partial charge in [-0.2, -0.15) is 0 Å². The topological polar surface area (TPSA) is 24.9 Å². The summed E-state index contributed by atoms with van der Waals surface area (Å²) in [5.41, 5.74) is 3.21. The van der Waals surface area contributed by atoms with Crippen LogP contribution in [0, 0.1) is 5.82 Å². The number of rotatable bonds is 3. The smallest absolute Gasteiger partial charge is 0.123 e. The first-order valence-corrected chi connectivity index (χ1v) is 6.57. The summed E-state index contributed by atoms with van der Waals surface area (Å²) in [7, 11) is 0. The number of hydrogen-bond donors (Lipinski definition) is 1. The fraction of sp³-hybridized carbons (Fsp3) is 0.308. The molecule has 2 aromatic rings. The van der Waals surface area contributed by atoms with E-state index in [4.69, 9.17) is 0 Å². The van der Waals surface area contributed by atoms with E-state index in [9.17, 15) is 4.39 Å². The number of thiazole rings is 1. The lowest BCUT2D eigenvalue weighted by Crippen LogP contribution is -2.11. The molecule has 17 heavy (non-hydrogen) atoms. The van der Waals surface area contributed by atoms with Gasteiger partial charge in [0.2, 0.25) is 0 Å². The monoisotopic (exact) mass is 248 g/mol. The predicted octanol–water partition coefficient (Wildman–Crippen LogP) is 2.96. The van der Waals surface area contributed by atoms with Crippen molar-refractivity contribution in [1.29, 1.82) is 0 Å². The van der Waals surface area contributed by atoms with E-state index in [1.165, 1.54) is 10.9 Å². The first-order valence-electron chi connectivity index (χ1n) is 5.76. The molecule has 1 aromatic carbocycles. The molecular weight excluding hydrogens is 235 g/mol. The van der Waals surface area contributed by atoms with Crippen LogP contribution in [-0.2, 0) is 13.0 Å². The molecule has 0 saturated heterocycles. The highest BCUT2D eigenvalue weighted by Gasteiger charge is 2.23. The zero-order chi connectivity index (χ0) is 11.8. The van der Waals surface area contributed by atoms with Crippen molar-refractivity contribution in [2.75, 3.05) is 6.54 Å². The van der Waals surface area contributed by atoms with Crippen molar-refractivity contribution >= 4 is 11.3 Å². The SMILES string of the molecule is CCNCc1nc2c(s1)Cc1cc(F)ccc1-2. The molecule has 0 aliphatic heterocycles. The van der Waals surface area contributed by atoms with E-state index in [1.54, 1.807) is 17.4 Å². The van der Waals surface area contributed by atoms with Crippen LogP contribution in [0.3, 0.4) is 0 Å². The fourth-order valence-electron chi connectivity index (χ4n) is 2.15. The van der Waals surface area contributed by atoms with Gasteiger partial charge >= 0.3 is 0 Å². The Morgan fingerprint density at radius 1 is 1.47 bits per heavy atom. The summed E-state index contributed by atoms with van der Waals surface area (Å²) in [5.74, 6) is -0.160. The number of fused-ring (bicyclic) bond motifs is 3. The predicted molar refractivity (Wildman–Crippen MR) is 67.7 cm³/mol. The van der Waals surface area contributed by atoms with Crippen molar-refractivity contribution in [2.45, 2.75) is 19.9 Å². The largest absolute Gasteiger partial charge is 0.311 e. The van der Waals surface area contributed by atoms with Gasteiger partial charge in [0.1, 0.15) is 10.8 Å². The highest BCUT2D eigenvalue weighted by Crippen LogP contribution is 2.39. The Kier molecular flexibility index (Phi) is 2.68. The third kappa shape index (κ3) is 1.87. The molecule has 88 valence electrons. The van der Waals surface area contributed by atoms with Crippen LogP contribution in [0.5, 0.6) is 0 Å². The van der Waals surface area contributed by atoms with Crippen molar-refractivity contribution in [2.24, 2.45) is 0 Å². The minimum Gasteiger partial charge on any atom is -0.311 e. The van der Waals surface area contributed by atoms with Crippen LogP contribution in [0.4, 0.5) is 4.39 Å². The quantitative estimate of drug-likeness (QED) is 0.771. The summed E-state index contributed by atoms with van der Waals surface area (Å²) < 4.78 is 13.1. The Morgan fingerprint density at radius 2 is 2.35 bits per heavy atom. The van der Waals surface area contributed by atoms with E-state index < -0.39 is 0 Å². The summed E-state index contributed by atoms with van der Waals surface area (Å²) >= 11 is 1.73. The zero-order valence-corrected chi connectivity index (χ0v) is 10.4. The second kappa shape index (κ2) is 4.20. The lowest BCUT2D eigenvalue weighted by molar-refractivity contribution is 0.626. The van der Waals surface area contributed by atoms with Gasteiger partial charge < -0.3 is 5.32 Å². The van der Waals surface area contributed by atoms with E-state index >= 15 is 0 Å². The number of aromatic nitrogens is 1. The average molecular weight is 248 g/mol. The second-order valence-corrected chi connectivity index (χ2v) is 5.31. The maximum absolute atomic E-state index is 13.1. The molecule has 1 aromatic heterocycles. The minimum absolute atomic E-state index is 0.160. The molecule has 0 amide bonds. The van der Waals surface area contributed by atoms with Crippen LogP contribution in [0.1, 0.15) is 22.4 Å². The minimum atomic E-state index is -0.160. The Morgan fingerprint density at radius 3 is 3.18 bits per heavy atom. The summed E-state index contributed by atoms with van der Waals surface area (Å²) in [6, 6.07) is 4.97. The van der Waals surface area contributed by atoms with E-state index in [1.807, 2.05) is 6.07 Å². The number of benzene rings is 1. The van der Waals surface area contributed by atoms with Gasteiger partial charge in [-0.3, -0.25) is 0 Å². The zero-order valence-electron chi connectivity index (χ0n) is 9.59. The molecule has 4 heteroatoms. The van der Waals surface area contributed by atoms with Gasteiger partial charge in [-0.1, -0.05) is 6.92 Å². The molecule has 1 aliphatic rings. The van der Waals surface area contributed by atoms with Crippen LogP contribution < -0.4 is 5.32 Å². The summed E-state index contributed by atoms with van der Waals surface area (Å²) in [6.45, 7) is 3.86. The molecule has 0 fully saturated rings. The average Bonchev–Trinajstić information content (AvgIpc) is 2.82. The van der Waals surface area contributed by atoms with Crippen LogP contribution in [0.2, 0.25) is 0 Å². The van der Waals surface area contributed by atoms with Gasteiger partial charge in [0.05, 0.1) is 5.69 Å². The second-order valence-electron chi connectivity index (χ2n) is 4.14. The maximum atomic E-state index is 13.1. The molecule has 2 nitrogen and oxygen atoms in total. The van der Waals surface area contributed by atoms with Gasteiger partial charge in [-0.25, -0.2) is 9.37 Å². The number of nitrogens with one attached hydrogen (secondary N) is 1. The fourth-order valence-corrected chi connectivity index (χ4v) is 3.23. The highest BCUT2D eigenvalue weighted by atomic mass is 32.1. The number of hydrogen-bond acceptors (Lipinski definition) is 3. The van der Waals surface area contributed by atoms with Crippen molar-refractivity contribution in [3.8, 4) is 11.3 Å². The molecule has 1 aliphatic carbocycles. The van der Waals surface area contributed by atoms with E-state index in [2.05, 4.69) is 17.2 Å². The lowest BCUT2D eigenvalue weighted by atomic mass is 10.1. The molecule has 0 radical (unpaired) electrons. The van der Waals surface area contributed by atoms with E-state index in [0.717, 1.165) is 41.3 Å². The number of nitrogens with zero attached hydrogens (tertiary/aromatic N) is 1. The third-order valence-electron chi connectivity index (χ3n) is 2.94. The molecule has 1 heterocycles. The number of halogens is 1. The Hall–Kier alpha value is -1.26. The van der Waals surface area contributed by atoms with Crippen molar-refractivity contribution in [1.82, 2.24) is 10.3 Å². The lowest BCUT2D eigenvalue weighted by Gasteiger charge is -1.99. The summed E-state index contributed by atoms with van der Waals surface area (Å²) in [6.07, 6.45) is 0.826. The summed E-state index contributed by atoms with van der Waals surface area (Å²) in [4.78, 5) is 5.90. The molecule has 0 spiro atoms. The van der Waals surface area contributed by atoms with Crippen LogP contribution in [0.15, 0.2) is 18.2 Å². The van der Waals surface area contributed by atoms with Gasteiger partial charge in [0.25, 0.3) is 0 Å². The normalized spacial score (nSPS) is 12.6. The highest BCUT2D eigenvalue weighted by molar-refractivity contribution is 7.12.